The van der Waals surface area contributed by atoms with E-state index in [-0.39, 0.29) is 52.5 Å². The van der Waals surface area contributed by atoms with Crippen LogP contribution in [0.15, 0.2) is 11.6 Å². The van der Waals surface area contributed by atoms with Gasteiger partial charge in [-0.15, -0.1) is 0 Å². The van der Waals surface area contributed by atoms with Crippen molar-refractivity contribution in [2.45, 2.75) is 138 Å². The topological polar surface area (TPSA) is 111 Å². The van der Waals surface area contributed by atoms with E-state index >= 15 is 0 Å². The van der Waals surface area contributed by atoms with Crippen LogP contribution in [0.1, 0.15) is 120 Å². The molecule has 6 aliphatic rings. The lowest BCUT2D eigenvalue weighted by molar-refractivity contribution is -0.263. The fourth-order valence-electron chi connectivity index (χ4n) is 13.0. The Labute approximate surface area is 288 Å². The molecule has 270 valence electrons. The van der Waals surface area contributed by atoms with E-state index in [1.165, 1.54) is 25.3 Å². The van der Waals surface area contributed by atoms with Crippen LogP contribution >= 0.6 is 0 Å². The van der Waals surface area contributed by atoms with Gasteiger partial charge in [-0.05, 0) is 97.2 Å². The molecule has 0 aromatic carbocycles. The Kier molecular flexibility index (Phi) is 9.26. The Morgan fingerprint density at radius 2 is 1.73 bits per heavy atom. The van der Waals surface area contributed by atoms with Gasteiger partial charge >= 0.3 is 17.9 Å². The Bertz CT molecular complexity index is 1330. The molecule has 8 nitrogen and oxygen atoms in total. The van der Waals surface area contributed by atoms with Crippen molar-refractivity contribution in [3.8, 4) is 0 Å². The lowest BCUT2D eigenvalue weighted by atomic mass is 9.34. The first-order valence-corrected chi connectivity index (χ1v) is 19.1. The predicted octanol–water partition coefficient (Wildman–Crippen LogP) is 7.20. The molecule has 2 N–H and O–H groups in total. The molecule has 4 saturated carbocycles. The van der Waals surface area contributed by atoms with Gasteiger partial charge in [0.15, 0.2) is 0 Å². The molecule has 5 fully saturated rings. The monoisotopic (exact) mass is 669 g/mol. The number of aliphatic carboxylic acids is 1. The number of ether oxygens (including phenoxy) is 3. The Balaban J connectivity index is 1.34. The van der Waals surface area contributed by atoms with Crippen LogP contribution in [0.25, 0.3) is 0 Å². The first-order valence-electron chi connectivity index (χ1n) is 19.1. The number of carbonyl (C=O) groups is 3. The van der Waals surface area contributed by atoms with Gasteiger partial charge in [-0.25, -0.2) is 0 Å². The van der Waals surface area contributed by atoms with Crippen LogP contribution < -0.4 is 5.32 Å². The lowest BCUT2D eigenvalue weighted by Crippen LogP contribution is -2.70. The molecule has 1 aliphatic heterocycles. The van der Waals surface area contributed by atoms with Crippen LogP contribution in [-0.2, 0) is 28.6 Å². The average molecular weight is 670 g/mol. The third kappa shape index (κ3) is 5.23. The van der Waals surface area contributed by atoms with E-state index in [0.29, 0.717) is 43.9 Å². The minimum atomic E-state index is -0.662. The highest BCUT2D eigenvalue weighted by Gasteiger charge is 2.72. The number of allylic oxidation sites excluding steroid dienone is 1. The van der Waals surface area contributed by atoms with Gasteiger partial charge in [-0.2, -0.15) is 0 Å². The molecule has 0 amide bonds. The number of carbonyl (C=O) groups excluding carboxylic acids is 2. The normalized spacial score (nSPS) is 47.2. The van der Waals surface area contributed by atoms with Crippen LogP contribution in [0.2, 0.25) is 0 Å². The smallest absolute Gasteiger partial charge is 0.320 e. The van der Waals surface area contributed by atoms with E-state index in [1.807, 2.05) is 0 Å². The summed E-state index contributed by atoms with van der Waals surface area (Å²) in [5.41, 5.74) is -0.403. The van der Waals surface area contributed by atoms with Crippen molar-refractivity contribution in [1.82, 2.24) is 5.32 Å². The molecule has 1 saturated heterocycles. The summed E-state index contributed by atoms with van der Waals surface area (Å²) in [4.78, 5) is 39.4. The third-order valence-corrected chi connectivity index (χ3v) is 16.0. The summed E-state index contributed by atoms with van der Waals surface area (Å²) in [6.45, 7) is 20.6. The van der Waals surface area contributed by atoms with Crippen molar-refractivity contribution in [3.63, 3.8) is 0 Å². The molecule has 1 heterocycles. The first-order chi connectivity index (χ1) is 22.4. The highest BCUT2D eigenvalue weighted by Crippen LogP contribution is 2.75. The van der Waals surface area contributed by atoms with Crippen LogP contribution in [0.3, 0.4) is 0 Å². The second kappa shape index (κ2) is 12.4. The van der Waals surface area contributed by atoms with Gasteiger partial charge < -0.3 is 24.6 Å². The minimum absolute atomic E-state index is 0.147. The van der Waals surface area contributed by atoms with E-state index in [4.69, 9.17) is 14.2 Å². The zero-order valence-corrected chi connectivity index (χ0v) is 31.2. The minimum Gasteiger partial charge on any atom is -0.481 e. The average Bonchev–Trinajstić information content (AvgIpc) is 3.42. The summed E-state index contributed by atoms with van der Waals surface area (Å²) in [6.07, 6.45) is 9.72. The van der Waals surface area contributed by atoms with Crippen LogP contribution in [0.4, 0.5) is 0 Å². The Morgan fingerprint density at radius 3 is 2.35 bits per heavy atom. The standard InChI is InChI=1S/C40H63NO7/c1-23(2)25(4)36(6)17-18-38(8)27-13-14-31-37(7)21-46-22-40(31,28(27)15-16-39(38,9)33(36)35(44)45)19-30(47-26(5)42)34(37)48-32(43)20-41-29-12-10-11-24(29)3/h15,23-25,27,29-31,33-34,41H,10-14,16-22H2,1-9H3,(H,44,45)/t24?,25-,27+,29?,30-,31+,33-,34+,36-,37+,38-,39+,40+/m1/s1. The number of carboxylic acid groups (broad SMARTS) is 1. The third-order valence-electron chi connectivity index (χ3n) is 16.0. The number of nitrogens with one attached hydrogen (secondary N) is 1. The Morgan fingerprint density at radius 1 is 1.00 bits per heavy atom. The lowest BCUT2D eigenvalue weighted by Gasteiger charge is -2.71. The van der Waals surface area contributed by atoms with Gasteiger partial charge in [-0.3, -0.25) is 14.4 Å². The van der Waals surface area contributed by atoms with Gasteiger partial charge in [0.05, 0.1) is 25.7 Å². The second-order valence-corrected chi connectivity index (χ2v) is 18.5. The van der Waals surface area contributed by atoms with Crippen molar-refractivity contribution >= 4 is 17.9 Å². The van der Waals surface area contributed by atoms with Gasteiger partial charge in [0, 0.05) is 23.8 Å². The molecule has 8 heteroatoms. The summed E-state index contributed by atoms with van der Waals surface area (Å²) in [5.74, 6) is -0.142. The second-order valence-electron chi connectivity index (χ2n) is 18.5. The molecule has 0 spiro atoms. The molecule has 0 radical (unpaired) electrons. The molecule has 2 bridgehead atoms. The van der Waals surface area contributed by atoms with Gasteiger partial charge in [0.25, 0.3) is 0 Å². The summed E-state index contributed by atoms with van der Waals surface area (Å²) >= 11 is 0. The SMILES string of the molecule is CC(=O)O[C@@H]1C[C@@]23COC[C@@](C)([C@@H]2CC[C@H]2C3=CC[C@@]3(C)[C@H](C(=O)O)[C@@](C)([C@H](C)C(C)C)CC[C@]23C)[C@H]1OC(=O)CNC1CCCC1C. The van der Waals surface area contributed by atoms with Crippen molar-refractivity contribution < 1.29 is 33.7 Å². The molecule has 5 aliphatic carbocycles. The Hall–Kier alpha value is -1.93. The van der Waals surface area contributed by atoms with E-state index in [0.717, 1.165) is 32.1 Å². The maximum absolute atomic E-state index is 13.4. The zero-order chi connectivity index (χ0) is 35.0. The summed E-state index contributed by atoms with van der Waals surface area (Å²) in [6, 6.07) is 0.321. The van der Waals surface area contributed by atoms with E-state index in [2.05, 4.69) is 66.8 Å². The number of hydrogen-bond acceptors (Lipinski definition) is 7. The molecule has 6 rings (SSSR count). The van der Waals surface area contributed by atoms with Crippen molar-refractivity contribution in [3.05, 3.63) is 11.6 Å². The largest absolute Gasteiger partial charge is 0.481 e. The highest BCUT2D eigenvalue weighted by molar-refractivity contribution is 5.73. The molecule has 2 unspecified atom stereocenters. The van der Waals surface area contributed by atoms with Crippen LogP contribution in [-0.4, -0.2) is 61.0 Å². The maximum Gasteiger partial charge on any atom is 0.320 e. The van der Waals surface area contributed by atoms with Crippen LogP contribution in [0, 0.1) is 62.6 Å². The van der Waals surface area contributed by atoms with Crippen molar-refractivity contribution in [2.24, 2.45) is 62.6 Å². The number of fused-ring (bicyclic) bond motifs is 3. The number of hydrogen-bond donors (Lipinski definition) is 2. The molecular formula is C40H63NO7. The van der Waals surface area contributed by atoms with E-state index in [9.17, 15) is 19.5 Å². The molecule has 48 heavy (non-hydrogen) atoms. The van der Waals surface area contributed by atoms with E-state index < -0.39 is 34.9 Å². The predicted molar refractivity (Wildman–Crippen MR) is 184 cm³/mol. The summed E-state index contributed by atoms with van der Waals surface area (Å²) in [5, 5.41) is 14.4. The van der Waals surface area contributed by atoms with Crippen molar-refractivity contribution in [1.29, 1.82) is 0 Å². The molecule has 0 aromatic rings. The summed E-state index contributed by atoms with van der Waals surface area (Å²) in [7, 11) is 0. The van der Waals surface area contributed by atoms with Gasteiger partial charge in [0.2, 0.25) is 0 Å². The highest BCUT2D eigenvalue weighted by atomic mass is 16.6. The van der Waals surface area contributed by atoms with Gasteiger partial charge in [-0.1, -0.05) is 73.5 Å². The fourth-order valence-corrected chi connectivity index (χ4v) is 13.0. The number of rotatable bonds is 8. The van der Waals surface area contributed by atoms with Gasteiger partial charge in [0.1, 0.15) is 12.2 Å². The molecule has 0 aromatic heterocycles. The van der Waals surface area contributed by atoms with Crippen LogP contribution in [0.5, 0.6) is 0 Å². The number of esters is 2. The zero-order valence-electron chi connectivity index (χ0n) is 31.2. The summed E-state index contributed by atoms with van der Waals surface area (Å²) < 4.78 is 19.0. The molecular weight excluding hydrogens is 606 g/mol. The maximum atomic E-state index is 13.4. The van der Waals surface area contributed by atoms with Crippen molar-refractivity contribution in [2.75, 3.05) is 19.8 Å². The molecule has 13 atom stereocenters. The quantitative estimate of drug-likeness (QED) is 0.206. The number of carboxylic acids is 1. The first kappa shape index (κ1) is 35.9. The van der Waals surface area contributed by atoms with E-state index in [1.54, 1.807) is 0 Å². The fraction of sp³-hybridized carbons (Fsp3) is 0.875.